The summed E-state index contributed by atoms with van der Waals surface area (Å²) in [5, 5.41) is 7.16. The molecule has 0 fully saturated rings. The van der Waals surface area contributed by atoms with Gasteiger partial charge in [0, 0.05) is 24.8 Å². The van der Waals surface area contributed by atoms with Gasteiger partial charge in [0.15, 0.2) is 0 Å². The van der Waals surface area contributed by atoms with Crippen LogP contribution in [-0.4, -0.2) is 7.05 Å². The molecule has 118 valence electrons. The SMILES string of the molecule is Cc1ccc2c(c1)Nc1cc3c(cc1N2)N(C)c1ccccc1C3. The molecule has 0 spiro atoms. The maximum absolute atomic E-state index is 3.59. The molecule has 0 aromatic heterocycles. The van der Waals surface area contributed by atoms with Crippen molar-refractivity contribution in [1.82, 2.24) is 0 Å². The maximum atomic E-state index is 3.59. The zero-order chi connectivity index (χ0) is 16.3. The molecule has 2 aliphatic rings. The normalized spacial score (nSPS) is 13.8. The number of benzene rings is 3. The molecule has 0 atom stereocenters. The Morgan fingerprint density at radius 3 is 2.42 bits per heavy atom. The Morgan fingerprint density at radius 2 is 1.50 bits per heavy atom. The lowest BCUT2D eigenvalue weighted by Gasteiger charge is -2.33. The molecule has 0 aliphatic carbocycles. The smallest absolute Gasteiger partial charge is 0.0645 e. The number of nitrogens with one attached hydrogen (secondary N) is 2. The largest absolute Gasteiger partial charge is 0.352 e. The molecule has 24 heavy (non-hydrogen) atoms. The summed E-state index contributed by atoms with van der Waals surface area (Å²) in [5.74, 6) is 0. The highest BCUT2D eigenvalue weighted by Gasteiger charge is 2.23. The van der Waals surface area contributed by atoms with E-state index >= 15 is 0 Å². The van der Waals surface area contributed by atoms with Crippen molar-refractivity contribution < 1.29 is 0 Å². The summed E-state index contributed by atoms with van der Waals surface area (Å²) in [7, 11) is 2.15. The van der Waals surface area contributed by atoms with Gasteiger partial charge in [0.25, 0.3) is 0 Å². The van der Waals surface area contributed by atoms with Crippen LogP contribution in [0.1, 0.15) is 16.7 Å². The van der Waals surface area contributed by atoms with Gasteiger partial charge in [0.2, 0.25) is 0 Å². The van der Waals surface area contributed by atoms with Gasteiger partial charge in [-0.1, -0.05) is 24.3 Å². The van der Waals surface area contributed by atoms with Crippen molar-refractivity contribution in [3.8, 4) is 0 Å². The van der Waals surface area contributed by atoms with E-state index in [4.69, 9.17) is 0 Å². The van der Waals surface area contributed by atoms with Gasteiger partial charge in [0.05, 0.1) is 22.7 Å². The summed E-state index contributed by atoms with van der Waals surface area (Å²) in [6.45, 7) is 2.12. The van der Waals surface area contributed by atoms with Crippen molar-refractivity contribution in [3.05, 3.63) is 71.3 Å². The predicted octanol–water partition coefficient (Wildman–Crippen LogP) is 5.47. The molecule has 3 aromatic rings. The lowest BCUT2D eigenvalue weighted by atomic mass is 9.94. The molecule has 0 unspecified atom stereocenters. The minimum Gasteiger partial charge on any atom is -0.352 e. The molecular formula is C21H19N3. The minimum absolute atomic E-state index is 0.978. The molecule has 0 radical (unpaired) electrons. The van der Waals surface area contributed by atoms with E-state index < -0.39 is 0 Å². The fourth-order valence-electron chi connectivity index (χ4n) is 3.78. The van der Waals surface area contributed by atoms with Crippen LogP contribution in [0.15, 0.2) is 54.6 Å². The van der Waals surface area contributed by atoms with Crippen molar-refractivity contribution in [3.63, 3.8) is 0 Å². The van der Waals surface area contributed by atoms with Crippen molar-refractivity contribution in [2.75, 3.05) is 22.6 Å². The second-order valence-electron chi connectivity index (χ2n) is 6.69. The fourth-order valence-corrected chi connectivity index (χ4v) is 3.78. The zero-order valence-electron chi connectivity index (χ0n) is 13.9. The third-order valence-electron chi connectivity index (χ3n) is 5.03. The third kappa shape index (κ3) is 1.91. The molecule has 2 heterocycles. The van der Waals surface area contributed by atoms with E-state index in [1.165, 1.54) is 28.1 Å². The molecule has 0 saturated carbocycles. The number of nitrogens with zero attached hydrogens (tertiary/aromatic N) is 1. The summed E-state index contributed by atoms with van der Waals surface area (Å²) < 4.78 is 0. The number of hydrogen-bond acceptors (Lipinski definition) is 3. The van der Waals surface area contributed by atoms with E-state index in [9.17, 15) is 0 Å². The van der Waals surface area contributed by atoms with Crippen LogP contribution in [0.5, 0.6) is 0 Å². The van der Waals surface area contributed by atoms with Gasteiger partial charge in [-0.3, -0.25) is 0 Å². The molecule has 2 aliphatic heterocycles. The van der Waals surface area contributed by atoms with Crippen LogP contribution in [0.25, 0.3) is 0 Å². The average molecular weight is 313 g/mol. The Bertz CT molecular complexity index is 975. The summed E-state index contributed by atoms with van der Waals surface area (Å²) in [4.78, 5) is 2.29. The molecule has 3 aromatic carbocycles. The van der Waals surface area contributed by atoms with Crippen LogP contribution in [0, 0.1) is 6.92 Å². The second-order valence-corrected chi connectivity index (χ2v) is 6.69. The third-order valence-corrected chi connectivity index (χ3v) is 5.03. The zero-order valence-corrected chi connectivity index (χ0v) is 13.9. The van der Waals surface area contributed by atoms with Gasteiger partial charge < -0.3 is 15.5 Å². The molecule has 3 heteroatoms. The highest BCUT2D eigenvalue weighted by Crippen LogP contribution is 2.45. The standard InChI is InChI=1S/C21H19N3/c1-13-7-8-16-17(9-13)23-18-11-15-10-14-5-3-4-6-20(14)24(2)21(15)12-19(18)22-16/h3-9,11-12,22-23H,10H2,1-2H3. The lowest BCUT2D eigenvalue weighted by Crippen LogP contribution is -2.19. The van der Waals surface area contributed by atoms with Crippen LogP contribution in [0.3, 0.4) is 0 Å². The van der Waals surface area contributed by atoms with Crippen LogP contribution in [-0.2, 0) is 6.42 Å². The Morgan fingerprint density at radius 1 is 0.750 bits per heavy atom. The lowest BCUT2D eigenvalue weighted by molar-refractivity contribution is 1.06. The number of hydrogen-bond donors (Lipinski definition) is 2. The monoisotopic (exact) mass is 313 g/mol. The van der Waals surface area contributed by atoms with E-state index in [1.54, 1.807) is 0 Å². The molecular weight excluding hydrogens is 294 g/mol. The first-order chi connectivity index (χ1) is 11.7. The number of aryl methyl sites for hydroxylation is 1. The fraction of sp³-hybridized carbons (Fsp3) is 0.143. The number of anilines is 6. The summed E-state index contributed by atoms with van der Waals surface area (Å²) >= 11 is 0. The minimum atomic E-state index is 0.978. The molecule has 0 saturated heterocycles. The van der Waals surface area contributed by atoms with E-state index in [1.807, 2.05) is 0 Å². The molecule has 5 rings (SSSR count). The van der Waals surface area contributed by atoms with E-state index in [0.717, 1.165) is 29.2 Å². The summed E-state index contributed by atoms with van der Waals surface area (Å²) in [5.41, 5.74) is 11.1. The first kappa shape index (κ1) is 13.5. The van der Waals surface area contributed by atoms with Gasteiger partial charge in [-0.05, 0) is 53.9 Å². The highest BCUT2D eigenvalue weighted by molar-refractivity contribution is 5.93. The number of para-hydroxylation sites is 1. The Kier molecular flexibility index (Phi) is 2.69. The van der Waals surface area contributed by atoms with Crippen molar-refractivity contribution >= 4 is 34.1 Å². The van der Waals surface area contributed by atoms with E-state index in [0.29, 0.717) is 0 Å². The maximum Gasteiger partial charge on any atom is 0.0645 e. The number of fused-ring (bicyclic) bond motifs is 4. The van der Waals surface area contributed by atoms with Crippen molar-refractivity contribution in [1.29, 1.82) is 0 Å². The Balaban J connectivity index is 1.62. The van der Waals surface area contributed by atoms with Crippen LogP contribution in [0.2, 0.25) is 0 Å². The molecule has 0 amide bonds. The van der Waals surface area contributed by atoms with Gasteiger partial charge >= 0.3 is 0 Å². The van der Waals surface area contributed by atoms with Gasteiger partial charge in [0.1, 0.15) is 0 Å². The predicted molar refractivity (Wildman–Crippen MR) is 101 cm³/mol. The number of rotatable bonds is 0. The van der Waals surface area contributed by atoms with Gasteiger partial charge in [-0.15, -0.1) is 0 Å². The molecule has 0 bridgehead atoms. The second kappa shape index (κ2) is 4.78. The molecule has 2 N–H and O–H groups in total. The molecule has 3 nitrogen and oxygen atoms in total. The van der Waals surface area contributed by atoms with E-state index in [-0.39, 0.29) is 0 Å². The Hall–Kier alpha value is -2.94. The van der Waals surface area contributed by atoms with E-state index in [2.05, 4.69) is 84.1 Å². The van der Waals surface area contributed by atoms with Gasteiger partial charge in [-0.25, -0.2) is 0 Å². The topological polar surface area (TPSA) is 27.3 Å². The van der Waals surface area contributed by atoms with Gasteiger partial charge in [-0.2, -0.15) is 0 Å². The first-order valence-corrected chi connectivity index (χ1v) is 8.32. The Labute approximate surface area is 141 Å². The first-order valence-electron chi connectivity index (χ1n) is 8.32. The summed E-state index contributed by atoms with van der Waals surface area (Å²) in [6, 6.07) is 19.7. The summed E-state index contributed by atoms with van der Waals surface area (Å²) in [6.07, 6.45) is 0.978. The van der Waals surface area contributed by atoms with Crippen LogP contribution >= 0.6 is 0 Å². The van der Waals surface area contributed by atoms with Crippen molar-refractivity contribution in [2.24, 2.45) is 0 Å². The van der Waals surface area contributed by atoms with Crippen LogP contribution in [0.4, 0.5) is 34.1 Å². The quantitative estimate of drug-likeness (QED) is 0.451. The van der Waals surface area contributed by atoms with Crippen molar-refractivity contribution in [2.45, 2.75) is 13.3 Å². The van der Waals surface area contributed by atoms with Crippen LogP contribution < -0.4 is 15.5 Å². The highest BCUT2D eigenvalue weighted by atomic mass is 15.1. The average Bonchev–Trinajstić information content (AvgIpc) is 2.59.